The number of carbonyl (C=O) groups is 2. The minimum Gasteiger partial charge on any atom is -0.470 e. The van der Waals surface area contributed by atoms with Crippen LogP contribution < -0.4 is 10.5 Å². The third-order valence-electron chi connectivity index (χ3n) is 6.66. The first-order chi connectivity index (χ1) is 18.0. The number of benzene rings is 2. The number of nitrogens with two attached hydrogens (primary N) is 1. The van der Waals surface area contributed by atoms with Crippen LogP contribution in [0.4, 0.5) is 4.39 Å². The number of H-pyrrole nitrogens is 1. The molecule has 2 fully saturated rings. The average Bonchev–Trinajstić information content (AvgIpc) is 3.60. The van der Waals surface area contributed by atoms with Crippen molar-refractivity contribution in [3.05, 3.63) is 72.0 Å². The van der Waals surface area contributed by atoms with Crippen LogP contribution in [0.1, 0.15) is 10.4 Å². The first kappa shape index (κ1) is 23.1. The molecule has 188 valence electrons. The second-order valence-electron chi connectivity index (χ2n) is 8.93. The van der Waals surface area contributed by atoms with Crippen molar-refractivity contribution >= 4 is 23.4 Å². The first-order valence-corrected chi connectivity index (χ1v) is 11.7. The van der Waals surface area contributed by atoms with Gasteiger partial charge in [-0.2, -0.15) is 0 Å². The standard InChI is InChI=1S/C27H22FN3O6/c28-18-9-19-20(10-23(30-19)37-22-12-35-25-21(36-13-32)11-34-26(22)25)31-24(18)16-5-1-14(2-6-16)15-3-7-17(8-4-15)27(29)33/h1-10,13,21-22,25-26,30H,11-12H2,(H2,29,33)/t21-,22-,25?,26-/m1/s1. The maximum Gasteiger partial charge on any atom is 0.293 e. The van der Waals surface area contributed by atoms with E-state index in [-0.39, 0.29) is 31.1 Å². The van der Waals surface area contributed by atoms with Gasteiger partial charge in [0.05, 0.1) is 24.2 Å². The predicted molar refractivity (Wildman–Crippen MR) is 130 cm³/mol. The van der Waals surface area contributed by atoms with Crippen molar-refractivity contribution in [1.29, 1.82) is 0 Å². The molecule has 2 aliphatic heterocycles. The van der Waals surface area contributed by atoms with Crippen molar-refractivity contribution < 1.29 is 32.9 Å². The quantitative estimate of drug-likeness (QED) is 0.371. The zero-order chi connectivity index (χ0) is 25.5. The largest absolute Gasteiger partial charge is 0.470 e. The zero-order valence-electron chi connectivity index (χ0n) is 19.4. The Labute approximate surface area is 210 Å². The Balaban J connectivity index is 1.21. The summed E-state index contributed by atoms with van der Waals surface area (Å²) in [4.78, 5) is 29.5. The molecule has 2 aliphatic rings. The summed E-state index contributed by atoms with van der Waals surface area (Å²) in [6.07, 6.45) is -1.63. The van der Waals surface area contributed by atoms with E-state index in [0.29, 0.717) is 34.5 Å². The van der Waals surface area contributed by atoms with Gasteiger partial charge in [-0.25, -0.2) is 9.37 Å². The van der Waals surface area contributed by atoms with Gasteiger partial charge in [0.25, 0.3) is 6.47 Å². The van der Waals surface area contributed by atoms with E-state index in [1.165, 1.54) is 6.07 Å². The molecular formula is C27H22FN3O6. The van der Waals surface area contributed by atoms with Crippen LogP contribution in [0.25, 0.3) is 33.4 Å². The van der Waals surface area contributed by atoms with Crippen LogP contribution in [0, 0.1) is 5.82 Å². The molecule has 2 aromatic heterocycles. The number of nitrogens with one attached hydrogen (secondary N) is 1. The molecule has 4 atom stereocenters. The minimum absolute atomic E-state index is 0.214. The fourth-order valence-corrected chi connectivity index (χ4v) is 4.80. The van der Waals surface area contributed by atoms with E-state index in [1.54, 1.807) is 30.3 Å². The van der Waals surface area contributed by atoms with Crippen molar-refractivity contribution in [2.45, 2.75) is 24.4 Å². The SMILES string of the molecule is NC(=O)c1ccc(-c2ccc(-c3nc4cc(O[C@@H]5COC6[C@H](OC=O)CO[C@@H]65)[nH]c4cc3F)cc2)cc1. The molecule has 2 saturated heterocycles. The number of hydrogen-bond donors (Lipinski definition) is 2. The van der Waals surface area contributed by atoms with Gasteiger partial charge in [-0.15, -0.1) is 0 Å². The van der Waals surface area contributed by atoms with Gasteiger partial charge in [-0.3, -0.25) is 9.59 Å². The Morgan fingerprint density at radius 1 is 0.973 bits per heavy atom. The van der Waals surface area contributed by atoms with Crippen molar-refractivity contribution in [2.24, 2.45) is 5.73 Å². The van der Waals surface area contributed by atoms with Crippen LogP contribution in [-0.4, -0.2) is 60.0 Å². The summed E-state index contributed by atoms with van der Waals surface area (Å²) >= 11 is 0. The van der Waals surface area contributed by atoms with Gasteiger partial charge in [0.2, 0.25) is 5.91 Å². The molecule has 9 nitrogen and oxygen atoms in total. The molecular weight excluding hydrogens is 481 g/mol. The van der Waals surface area contributed by atoms with Crippen LogP contribution in [0.2, 0.25) is 0 Å². The maximum atomic E-state index is 15.0. The molecule has 10 heteroatoms. The Kier molecular flexibility index (Phi) is 5.82. The fraction of sp³-hybridized carbons (Fsp3) is 0.222. The molecule has 1 unspecified atom stereocenters. The van der Waals surface area contributed by atoms with E-state index >= 15 is 4.39 Å². The Morgan fingerprint density at radius 3 is 2.27 bits per heavy atom. The second-order valence-corrected chi connectivity index (χ2v) is 8.93. The molecule has 1 amide bonds. The monoisotopic (exact) mass is 503 g/mol. The summed E-state index contributed by atoms with van der Waals surface area (Å²) in [5.74, 6) is -0.550. The molecule has 0 spiro atoms. The number of carbonyl (C=O) groups excluding carboxylic acids is 2. The lowest BCUT2D eigenvalue weighted by atomic mass is 10.0. The number of hydrogen-bond acceptors (Lipinski definition) is 7. The van der Waals surface area contributed by atoms with E-state index in [1.807, 2.05) is 24.3 Å². The van der Waals surface area contributed by atoms with Crippen molar-refractivity contribution in [2.75, 3.05) is 13.2 Å². The molecule has 0 radical (unpaired) electrons. The fourth-order valence-electron chi connectivity index (χ4n) is 4.80. The predicted octanol–water partition coefficient (Wildman–Crippen LogP) is 3.22. The van der Waals surface area contributed by atoms with Gasteiger partial charge in [0.15, 0.2) is 23.9 Å². The third kappa shape index (κ3) is 4.30. The maximum absolute atomic E-state index is 15.0. The highest BCUT2D eigenvalue weighted by molar-refractivity contribution is 5.93. The first-order valence-electron chi connectivity index (χ1n) is 11.7. The smallest absolute Gasteiger partial charge is 0.293 e. The zero-order valence-corrected chi connectivity index (χ0v) is 19.4. The lowest BCUT2D eigenvalue weighted by Crippen LogP contribution is -2.35. The Hall–Kier alpha value is -4.28. The number of rotatable bonds is 7. The molecule has 4 heterocycles. The van der Waals surface area contributed by atoms with Crippen LogP contribution >= 0.6 is 0 Å². The summed E-state index contributed by atoms with van der Waals surface area (Å²) in [5, 5.41) is 0. The van der Waals surface area contributed by atoms with Gasteiger partial charge < -0.3 is 29.7 Å². The molecule has 4 aromatic rings. The van der Waals surface area contributed by atoms with Crippen LogP contribution in [-0.2, 0) is 19.0 Å². The van der Waals surface area contributed by atoms with Crippen molar-refractivity contribution in [3.63, 3.8) is 0 Å². The summed E-state index contributed by atoms with van der Waals surface area (Å²) in [6, 6.07) is 17.4. The summed E-state index contributed by atoms with van der Waals surface area (Å²) < 4.78 is 37.5. The summed E-state index contributed by atoms with van der Waals surface area (Å²) in [7, 11) is 0. The minimum atomic E-state index is -0.484. The number of aromatic nitrogens is 2. The van der Waals surface area contributed by atoms with E-state index < -0.39 is 23.9 Å². The van der Waals surface area contributed by atoms with Gasteiger partial charge in [-0.1, -0.05) is 36.4 Å². The number of ether oxygens (including phenoxy) is 4. The normalized spacial score (nSPS) is 22.6. The van der Waals surface area contributed by atoms with E-state index in [9.17, 15) is 9.59 Å². The molecule has 2 aromatic carbocycles. The highest BCUT2D eigenvalue weighted by Gasteiger charge is 2.50. The van der Waals surface area contributed by atoms with Crippen molar-refractivity contribution in [1.82, 2.24) is 9.97 Å². The van der Waals surface area contributed by atoms with Gasteiger partial charge in [0, 0.05) is 23.3 Å². The van der Waals surface area contributed by atoms with Crippen LogP contribution in [0.3, 0.4) is 0 Å². The highest BCUT2D eigenvalue weighted by Crippen LogP contribution is 2.33. The van der Waals surface area contributed by atoms with Crippen molar-refractivity contribution in [3.8, 4) is 28.3 Å². The van der Waals surface area contributed by atoms with Gasteiger partial charge in [0.1, 0.15) is 17.9 Å². The summed E-state index contributed by atoms with van der Waals surface area (Å²) in [6.45, 7) is 0.905. The number of primary amides is 1. The molecule has 37 heavy (non-hydrogen) atoms. The van der Waals surface area contributed by atoms with Crippen LogP contribution in [0.5, 0.6) is 5.88 Å². The Bertz CT molecular complexity index is 1470. The third-order valence-corrected chi connectivity index (χ3v) is 6.66. The number of aromatic amines is 1. The topological polar surface area (TPSA) is 126 Å². The highest BCUT2D eigenvalue weighted by atomic mass is 19.1. The number of halogens is 1. The number of pyridine rings is 1. The molecule has 0 aliphatic carbocycles. The van der Waals surface area contributed by atoms with E-state index in [0.717, 1.165) is 11.1 Å². The van der Waals surface area contributed by atoms with Crippen LogP contribution in [0.15, 0.2) is 60.7 Å². The molecule has 6 rings (SSSR count). The van der Waals surface area contributed by atoms with E-state index in [2.05, 4.69) is 9.97 Å². The Morgan fingerprint density at radius 2 is 1.59 bits per heavy atom. The van der Waals surface area contributed by atoms with E-state index in [4.69, 9.17) is 24.7 Å². The summed E-state index contributed by atoms with van der Waals surface area (Å²) in [5.41, 5.74) is 9.41. The van der Waals surface area contributed by atoms with Gasteiger partial charge in [-0.05, 0) is 23.3 Å². The average molecular weight is 503 g/mol. The lowest BCUT2D eigenvalue weighted by molar-refractivity contribution is -0.138. The molecule has 0 bridgehead atoms. The van der Waals surface area contributed by atoms with Gasteiger partial charge >= 0.3 is 0 Å². The molecule has 0 saturated carbocycles. The molecule has 3 N–H and O–H groups in total. The lowest BCUT2D eigenvalue weighted by Gasteiger charge is -2.16. The number of amides is 1. The number of nitrogens with zero attached hydrogens (tertiary/aromatic N) is 1. The second kappa shape index (κ2) is 9.30. The number of fused-ring (bicyclic) bond motifs is 2.